The average molecular weight is 250 g/mol. The second-order valence-corrected chi connectivity index (χ2v) is 4.28. The second-order valence-electron chi connectivity index (χ2n) is 4.28. The molecule has 1 heterocycles. The molecule has 1 aromatic carbocycles. The Balaban J connectivity index is 2.08. The molecule has 2 rings (SSSR count). The summed E-state index contributed by atoms with van der Waals surface area (Å²) in [6.07, 6.45) is 0. The quantitative estimate of drug-likeness (QED) is 0.817. The molecule has 0 fully saturated rings. The third-order valence-corrected chi connectivity index (χ3v) is 2.92. The molecule has 0 unspecified atom stereocenters. The minimum atomic E-state index is -0.0207. The molecular formula is C13H18N2O3. The number of ether oxygens (including phenoxy) is 1. The molecule has 0 saturated carbocycles. The van der Waals surface area contributed by atoms with Crippen LogP contribution in [0.15, 0.2) is 18.2 Å². The van der Waals surface area contributed by atoms with Crippen molar-refractivity contribution in [3.05, 3.63) is 23.8 Å². The van der Waals surface area contributed by atoms with E-state index in [4.69, 9.17) is 9.84 Å². The SMILES string of the molecule is CC(=O)NCCN1CCOc2ccc(CO)cc21. The standard InChI is InChI=1S/C13H18N2O3/c1-10(17)14-4-5-15-6-7-18-13-3-2-11(9-16)8-12(13)15/h2-3,8,16H,4-7,9H2,1H3,(H,14,17). The number of aliphatic hydroxyl groups excluding tert-OH is 1. The van der Waals surface area contributed by atoms with Crippen LogP contribution in [0.1, 0.15) is 12.5 Å². The number of hydrogen-bond donors (Lipinski definition) is 2. The summed E-state index contributed by atoms with van der Waals surface area (Å²) in [7, 11) is 0. The molecule has 5 heteroatoms. The molecule has 1 aliphatic rings. The number of nitrogens with zero attached hydrogens (tertiary/aromatic N) is 1. The normalized spacial score (nSPS) is 13.8. The number of amides is 1. The Bertz CT molecular complexity index is 434. The molecule has 1 aliphatic heterocycles. The summed E-state index contributed by atoms with van der Waals surface area (Å²) in [4.78, 5) is 13.0. The first-order chi connectivity index (χ1) is 8.70. The van der Waals surface area contributed by atoms with Gasteiger partial charge in [-0.25, -0.2) is 0 Å². The largest absolute Gasteiger partial charge is 0.490 e. The first-order valence-electron chi connectivity index (χ1n) is 6.06. The molecule has 1 amide bonds. The van der Waals surface area contributed by atoms with E-state index in [0.717, 1.165) is 30.1 Å². The van der Waals surface area contributed by atoms with Gasteiger partial charge in [-0.2, -0.15) is 0 Å². The van der Waals surface area contributed by atoms with E-state index in [1.165, 1.54) is 6.92 Å². The van der Waals surface area contributed by atoms with Crippen molar-refractivity contribution >= 4 is 11.6 Å². The summed E-state index contributed by atoms with van der Waals surface area (Å²) in [5, 5.41) is 11.9. The molecule has 0 radical (unpaired) electrons. The van der Waals surface area contributed by atoms with Gasteiger partial charge in [0.2, 0.25) is 5.91 Å². The van der Waals surface area contributed by atoms with Crippen LogP contribution in [0.5, 0.6) is 5.75 Å². The first kappa shape index (κ1) is 12.7. The van der Waals surface area contributed by atoms with Gasteiger partial charge in [0.15, 0.2) is 0 Å². The lowest BCUT2D eigenvalue weighted by atomic mass is 10.1. The summed E-state index contributed by atoms with van der Waals surface area (Å²) < 4.78 is 5.57. The maximum absolute atomic E-state index is 10.8. The molecule has 0 bridgehead atoms. The van der Waals surface area contributed by atoms with Crippen LogP contribution in [0.25, 0.3) is 0 Å². The Morgan fingerprint density at radius 3 is 3.11 bits per heavy atom. The van der Waals surface area contributed by atoms with Gasteiger partial charge in [0.05, 0.1) is 18.8 Å². The Morgan fingerprint density at radius 2 is 2.39 bits per heavy atom. The van der Waals surface area contributed by atoms with Crippen molar-refractivity contribution in [3.8, 4) is 5.75 Å². The number of anilines is 1. The topological polar surface area (TPSA) is 61.8 Å². The van der Waals surface area contributed by atoms with Crippen molar-refractivity contribution in [1.29, 1.82) is 0 Å². The Kier molecular flexibility index (Phi) is 4.04. The zero-order chi connectivity index (χ0) is 13.0. The highest BCUT2D eigenvalue weighted by Crippen LogP contribution is 2.32. The number of rotatable bonds is 4. The number of nitrogens with one attached hydrogen (secondary N) is 1. The molecule has 5 nitrogen and oxygen atoms in total. The van der Waals surface area contributed by atoms with Crippen LogP contribution in [0, 0.1) is 0 Å². The maximum atomic E-state index is 10.8. The van der Waals surface area contributed by atoms with E-state index in [2.05, 4.69) is 10.2 Å². The average Bonchev–Trinajstić information content (AvgIpc) is 2.38. The number of benzene rings is 1. The summed E-state index contributed by atoms with van der Waals surface area (Å²) in [5.74, 6) is 0.814. The van der Waals surface area contributed by atoms with Gasteiger partial charge < -0.3 is 20.1 Å². The minimum absolute atomic E-state index is 0.0207. The van der Waals surface area contributed by atoms with E-state index >= 15 is 0 Å². The fraction of sp³-hybridized carbons (Fsp3) is 0.462. The summed E-state index contributed by atoms with van der Waals surface area (Å²) in [5.41, 5.74) is 1.85. The fourth-order valence-corrected chi connectivity index (χ4v) is 2.02. The smallest absolute Gasteiger partial charge is 0.216 e. The fourth-order valence-electron chi connectivity index (χ4n) is 2.02. The second kappa shape index (κ2) is 5.73. The van der Waals surface area contributed by atoms with Crippen molar-refractivity contribution in [2.45, 2.75) is 13.5 Å². The van der Waals surface area contributed by atoms with E-state index < -0.39 is 0 Å². The zero-order valence-electron chi connectivity index (χ0n) is 10.5. The van der Waals surface area contributed by atoms with Crippen LogP contribution < -0.4 is 15.0 Å². The molecule has 18 heavy (non-hydrogen) atoms. The Hall–Kier alpha value is -1.75. The maximum Gasteiger partial charge on any atom is 0.216 e. The number of carbonyl (C=O) groups is 1. The highest BCUT2D eigenvalue weighted by molar-refractivity contribution is 5.72. The molecule has 0 atom stereocenters. The lowest BCUT2D eigenvalue weighted by Gasteiger charge is -2.31. The van der Waals surface area contributed by atoms with Gasteiger partial charge in [0.25, 0.3) is 0 Å². The molecule has 0 saturated heterocycles. The van der Waals surface area contributed by atoms with E-state index in [9.17, 15) is 4.79 Å². The highest BCUT2D eigenvalue weighted by Gasteiger charge is 2.17. The van der Waals surface area contributed by atoms with Gasteiger partial charge in [0, 0.05) is 20.0 Å². The molecular weight excluding hydrogens is 232 g/mol. The highest BCUT2D eigenvalue weighted by atomic mass is 16.5. The van der Waals surface area contributed by atoms with Crippen LogP contribution in [-0.4, -0.2) is 37.3 Å². The predicted octanol–water partition coefficient (Wildman–Crippen LogP) is 0.514. The van der Waals surface area contributed by atoms with Crippen molar-refractivity contribution in [2.75, 3.05) is 31.1 Å². The molecule has 0 spiro atoms. The molecule has 1 aromatic rings. The van der Waals surface area contributed by atoms with Gasteiger partial charge in [-0.3, -0.25) is 4.79 Å². The van der Waals surface area contributed by atoms with Gasteiger partial charge in [-0.15, -0.1) is 0 Å². The van der Waals surface area contributed by atoms with Crippen LogP contribution in [0.2, 0.25) is 0 Å². The number of fused-ring (bicyclic) bond motifs is 1. The lowest BCUT2D eigenvalue weighted by Crippen LogP contribution is -2.38. The lowest BCUT2D eigenvalue weighted by molar-refractivity contribution is -0.118. The van der Waals surface area contributed by atoms with Crippen LogP contribution in [0.3, 0.4) is 0 Å². The first-order valence-corrected chi connectivity index (χ1v) is 6.06. The molecule has 2 N–H and O–H groups in total. The van der Waals surface area contributed by atoms with E-state index in [1.54, 1.807) is 0 Å². The molecule has 98 valence electrons. The van der Waals surface area contributed by atoms with Crippen LogP contribution in [-0.2, 0) is 11.4 Å². The Morgan fingerprint density at radius 1 is 1.56 bits per heavy atom. The molecule has 0 aromatic heterocycles. The number of carbonyl (C=O) groups excluding carboxylic acids is 1. The van der Waals surface area contributed by atoms with Crippen molar-refractivity contribution in [2.24, 2.45) is 0 Å². The number of aliphatic hydroxyl groups is 1. The van der Waals surface area contributed by atoms with E-state index in [0.29, 0.717) is 13.2 Å². The summed E-state index contributed by atoms with van der Waals surface area (Å²) in [6.45, 7) is 4.32. The third kappa shape index (κ3) is 2.92. The third-order valence-electron chi connectivity index (χ3n) is 2.92. The minimum Gasteiger partial charge on any atom is -0.490 e. The number of hydrogen-bond acceptors (Lipinski definition) is 4. The summed E-state index contributed by atoms with van der Waals surface area (Å²) in [6, 6.07) is 5.67. The summed E-state index contributed by atoms with van der Waals surface area (Å²) >= 11 is 0. The van der Waals surface area contributed by atoms with E-state index in [-0.39, 0.29) is 12.5 Å². The van der Waals surface area contributed by atoms with Crippen molar-refractivity contribution < 1.29 is 14.6 Å². The van der Waals surface area contributed by atoms with Gasteiger partial charge in [0.1, 0.15) is 12.4 Å². The van der Waals surface area contributed by atoms with Crippen molar-refractivity contribution in [1.82, 2.24) is 5.32 Å². The Labute approximate surface area is 106 Å². The van der Waals surface area contributed by atoms with Gasteiger partial charge in [-0.05, 0) is 17.7 Å². The van der Waals surface area contributed by atoms with Gasteiger partial charge >= 0.3 is 0 Å². The van der Waals surface area contributed by atoms with Crippen LogP contribution in [0.4, 0.5) is 5.69 Å². The van der Waals surface area contributed by atoms with Gasteiger partial charge in [-0.1, -0.05) is 6.07 Å². The zero-order valence-corrected chi connectivity index (χ0v) is 10.5. The molecule has 0 aliphatic carbocycles. The van der Waals surface area contributed by atoms with Crippen molar-refractivity contribution in [3.63, 3.8) is 0 Å². The monoisotopic (exact) mass is 250 g/mol. The van der Waals surface area contributed by atoms with E-state index in [1.807, 2.05) is 18.2 Å². The van der Waals surface area contributed by atoms with Crippen LogP contribution >= 0.6 is 0 Å². The predicted molar refractivity (Wildman–Crippen MR) is 68.8 cm³/mol.